The molecule has 1 rings (SSSR count). The molecule has 0 aromatic heterocycles. The lowest BCUT2D eigenvalue weighted by Crippen LogP contribution is -2.23. The van der Waals surface area contributed by atoms with Crippen molar-refractivity contribution in [2.45, 2.75) is 19.4 Å². The van der Waals surface area contributed by atoms with Gasteiger partial charge in [0.2, 0.25) is 0 Å². The van der Waals surface area contributed by atoms with Crippen LogP contribution < -0.4 is 5.32 Å². The molecule has 0 spiro atoms. The molecule has 0 aliphatic rings. The first-order chi connectivity index (χ1) is 8.00. The summed E-state index contributed by atoms with van der Waals surface area (Å²) in [6.07, 6.45) is 1.11. The van der Waals surface area contributed by atoms with Gasteiger partial charge in [0.05, 0.1) is 4.47 Å². The van der Waals surface area contributed by atoms with E-state index in [1.807, 2.05) is 12.1 Å². The maximum Gasteiger partial charge on any atom is 0.137 e. The fourth-order valence-electron chi connectivity index (χ4n) is 1.61. The van der Waals surface area contributed by atoms with Gasteiger partial charge in [0.1, 0.15) is 5.82 Å². The molecule has 0 aliphatic carbocycles. The van der Waals surface area contributed by atoms with Gasteiger partial charge in [0.25, 0.3) is 0 Å². The Hall–Kier alpha value is -0.450. The molecule has 2 nitrogen and oxygen atoms in total. The quantitative estimate of drug-likeness (QED) is 0.812. The average molecular weight is 303 g/mol. The van der Waals surface area contributed by atoms with Gasteiger partial charge in [-0.3, -0.25) is 0 Å². The van der Waals surface area contributed by atoms with Gasteiger partial charge < -0.3 is 10.2 Å². The van der Waals surface area contributed by atoms with Crippen molar-refractivity contribution in [2.24, 2.45) is 0 Å². The molecule has 1 atom stereocenters. The van der Waals surface area contributed by atoms with Gasteiger partial charge in [0, 0.05) is 6.04 Å². The van der Waals surface area contributed by atoms with Gasteiger partial charge in [0.15, 0.2) is 0 Å². The summed E-state index contributed by atoms with van der Waals surface area (Å²) in [5.74, 6) is -0.214. The summed E-state index contributed by atoms with van der Waals surface area (Å²) in [7, 11) is 4.14. The van der Waals surface area contributed by atoms with Crippen molar-refractivity contribution in [1.29, 1.82) is 0 Å². The molecule has 1 aromatic rings. The van der Waals surface area contributed by atoms with Crippen LogP contribution in [0.25, 0.3) is 0 Å². The Labute approximate surface area is 111 Å². The van der Waals surface area contributed by atoms with E-state index in [0.717, 1.165) is 25.1 Å². The van der Waals surface area contributed by atoms with Crippen molar-refractivity contribution in [3.8, 4) is 0 Å². The van der Waals surface area contributed by atoms with Gasteiger partial charge in [-0.2, -0.15) is 0 Å². The van der Waals surface area contributed by atoms with Crippen molar-refractivity contribution in [2.75, 3.05) is 27.2 Å². The Morgan fingerprint density at radius 1 is 1.41 bits per heavy atom. The van der Waals surface area contributed by atoms with Crippen molar-refractivity contribution < 1.29 is 4.39 Å². The largest absolute Gasteiger partial charge is 0.310 e. The Bertz CT molecular complexity index is 355. The Morgan fingerprint density at radius 2 is 2.12 bits per heavy atom. The van der Waals surface area contributed by atoms with E-state index >= 15 is 0 Å². The van der Waals surface area contributed by atoms with Crippen molar-refractivity contribution in [3.05, 3.63) is 34.1 Å². The molecule has 1 N–H and O–H groups in total. The molecule has 0 aliphatic heterocycles. The highest BCUT2D eigenvalue weighted by atomic mass is 79.9. The number of halogens is 2. The molecule has 0 radical (unpaired) electrons. The van der Waals surface area contributed by atoms with Crippen molar-refractivity contribution in [1.82, 2.24) is 10.2 Å². The molecule has 0 amide bonds. The van der Waals surface area contributed by atoms with Crippen LogP contribution in [0.4, 0.5) is 4.39 Å². The summed E-state index contributed by atoms with van der Waals surface area (Å²) in [6, 6.07) is 5.40. The van der Waals surface area contributed by atoms with E-state index in [4.69, 9.17) is 0 Å². The molecule has 17 heavy (non-hydrogen) atoms. The Balaban J connectivity index is 2.41. The van der Waals surface area contributed by atoms with E-state index in [9.17, 15) is 4.39 Å². The molecule has 1 unspecified atom stereocenters. The molecular formula is C13H20BrFN2. The summed E-state index contributed by atoms with van der Waals surface area (Å²) in [5, 5.41) is 3.43. The summed E-state index contributed by atoms with van der Waals surface area (Å²) in [6.45, 7) is 4.14. The second kappa shape index (κ2) is 7.09. The van der Waals surface area contributed by atoms with Crippen LogP contribution in [0, 0.1) is 5.82 Å². The second-order valence-electron chi connectivity index (χ2n) is 4.51. The minimum Gasteiger partial charge on any atom is -0.310 e. The first kappa shape index (κ1) is 14.6. The third kappa shape index (κ3) is 5.15. The average Bonchev–Trinajstić information content (AvgIpc) is 2.27. The predicted molar refractivity (Wildman–Crippen MR) is 73.7 cm³/mol. The normalized spacial score (nSPS) is 13.1. The van der Waals surface area contributed by atoms with Crippen molar-refractivity contribution in [3.63, 3.8) is 0 Å². The lowest BCUT2D eigenvalue weighted by molar-refractivity contribution is 0.389. The smallest absolute Gasteiger partial charge is 0.137 e. The first-order valence-electron chi connectivity index (χ1n) is 5.83. The fourth-order valence-corrected chi connectivity index (χ4v) is 2.01. The zero-order valence-corrected chi connectivity index (χ0v) is 12.2. The van der Waals surface area contributed by atoms with Gasteiger partial charge in [-0.15, -0.1) is 0 Å². The van der Waals surface area contributed by atoms with Gasteiger partial charge >= 0.3 is 0 Å². The number of rotatable bonds is 6. The molecule has 1 aromatic carbocycles. The van der Waals surface area contributed by atoms with Crippen LogP contribution in [-0.2, 0) is 0 Å². The maximum atomic E-state index is 13.1. The second-order valence-corrected chi connectivity index (χ2v) is 5.36. The van der Waals surface area contributed by atoms with Gasteiger partial charge in [-0.25, -0.2) is 4.39 Å². The lowest BCUT2D eigenvalue weighted by atomic mass is 10.1. The summed E-state index contributed by atoms with van der Waals surface area (Å²) in [4.78, 5) is 2.17. The van der Waals surface area contributed by atoms with Crippen molar-refractivity contribution >= 4 is 15.9 Å². The number of benzene rings is 1. The SMILES string of the molecule is CC(NCCCN(C)C)c1ccc(F)c(Br)c1. The van der Waals surface area contributed by atoms with E-state index in [-0.39, 0.29) is 11.9 Å². The highest BCUT2D eigenvalue weighted by Gasteiger charge is 2.07. The highest BCUT2D eigenvalue weighted by molar-refractivity contribution is 9.10. The van der Waals surface area contributed by atoms with Gasteiger partial charge in [-0.1, -0.05) is 6.07 Å². The zero-order chi connectivity index (χ0) is 12.8. The highest BCUT2D eigenvalue weighted by Crippen LogP contribution is 2.21. The molecule has 0 saturated heterocycles. The molecule has 0 saturated carbocycles. The third-order valence-corrected chi connectivity index (χ3v) is 3.28. The number of nitrogens with one attached hydrogen (secondary N) is 1. The van der Waals surface area contributed by atoms with Crippen LogP contribution in [0.5, 0.6) is 0 Å². The molecular weight excluding hydrogens is 283 g/mol. The van der Waals surface area contributed by atoms with Crippen LogP contribution in [0.1, 0.15) is 24.9 Å². The van der Waals surface area contributed by atoms with E-state index in [1.165, 1.54) is 6.07 Å². The zero-order valence-electron chi connectivity index (χ0n) is 10.6. The van der Waals surface area contributed by atoms with Crippen LogP contribution in [0.15, 0.2) is 22.7 Å². The monoisotopic (exact) mass is 302 g/mol. The van der Waals surface area contributed by atoms with Crippen LogP contribution in [0.2, 0.25) is 0 Å². The number of hydrogen-bond donors (Lipinski definition) is 1. The van der Waals surface area contributed by atoms with E-state index in [0.29, 0.717) is 4.47 Å². The van der Waals surface area contributed by atoms with Crippen LogP contribution in [-0.4, -0.2) is 32.1 Å². The third-order valence-electron chi connectivity index (χ3n) is 2.68. The molecule has 0 fully saturated rings. The Morgan fingerprint density at radius 3 is 2.71 bits per heavy atom. The summed E-state index contributed by atoms with van der Waals surface area (Å²) in [5.41, 5.74) is 1.10. The first-order valence-corrected chi connectivity index (χ1v) is 6.63. The minimum absolute atomic E-state index is 0.214. The topological polar surface area (TPSA) is 15.3 Å². The number of nitrogens with zero attached hydrogens (tertiary/aromatic N) is 1. The maximum absolute atomic E-state index is 13.1. The molecule has 0 bridgehead atoms. The Kier molecular flexibility index (Phi) is 6.09. The molecule has 4 heteroatoms. The molecule has 0 heterocycles. The lowest BCUT2D eigenvalue weighted by Gasteiger charge is -2.16. The summed E-state index contributed by atoms with van der Waals surface area (Å²) >= 11 is 3.21. The number of hydrogen-bond acceptors (Lipinski definition) is 2. The van der Waals surface area contributed by atoms with E-state index in [2.05, 4.69) is 47.2 Å². The fraction of sp³-hybridized carbons (Fsp3) is 0.538. The predicted octanol–water partition coefficient (Wildman–Crippen LogP) is 3.19. The minimum atomic E-state index is -0.214. The van der Waals surface area contributed by atoms with Gasteiger partial charge in [-0.05, 0) is 74.2 Å². The van der Waals surface area contributed by atoms with Crippen LogP contribution >= 0.6 is 15.9 Å². The van der Waals surface area contributed by atoms with E-state index in [1.54, 1.807) is 0 Å². The molecule has 96 valence electrons. The van der Waals surface area contributed by atoms with E-state index < -0.39 is 0 Å². The van der Waals surface area contributed by atoms with Crippen LogP contribution in [0.3, 0.4) is 0 Å². The standard InChI is InChI=1S/C13H20BrFN2/c1-10(16-7-4-8-17(2)3)11-5-6-13(15)12(14)9-11/h5-6,9-10,16H,4,7-8H2,1-3H3. The summed E-state index contributed by atoms with van der Waals surface area (Å²) < 4.78 is 13.6.